The number of morpholine rings is 1. The summed E-state index contributed by atoms with van der Waals surface area (Å²) in [4.78, 5) is 31.3. The molecule has 0 spiro atoms. The van der Waals surface area contributed by atoms with E-state index in [4.69, 9.17) is 4.74 Å². The van der Waals surface area contributed by atoms with Crippen molar-refractivity contribution in [3.8, 4) is 0 Å². The lowest BCUT2D eigenvalue weighted by molar-refractivity contribution is -0.139. The Bertz CT molecular complexity index is 1200. The van der Waals surface area contributed by atoms with E-state index in [1.807, 2.05) is 29.2 Å². The third-order valence-electron chi connectivity index (χ3n) is 7.75. The van der Waals surface area contributed by atoms with Crippen LogP contribution in [0.5, 0.6) is 0 Å². The van der Waals surface area contributed by atoms with Gasteiger partial charge in [0.05, 0.1) is 24.5 Å². The van der Waals surface area contributed by atoms with Crippen LogP contribution >= 0.6 is 11.8 Å². The second kappa shape index (κ2) is 11.8. The number of amides is 2. The molecule has 2 saturated heterocycles. The van der Waals surface area contributed by atoms with E-state index in [-0.39, 0.29) is 28.5 Å². The number of carbonyl (C=O) groups excluding carboxylic acids is 2. The molecule has 0 aromatic heterocycles. The Morgan fingerprint density at radius 2 is 1.87 bits per heavy atom. The summed E-state index contributed by atoms with van der Waals surface area (Å²) in [7, 11) is 1.73. The van der Waals surface area contributed by atoms with E-state index in [1.165, 1.54) is 6.07 Å². The summed E-state index contributed by atoms with van der Waals surface area (Å²) in [5.41, 5.74) is 0.805. The molecule has 3 aliphatic rings. The van der Waals surface area contributed by atoms with Crippen LogP contribution < -0.4 is 4.90 Å². The standard InChI is InChI=1S/C29H34F3N3O3S/c1-33(11-5-13-35-12-4-8-27(35)36)28(37)22-19-21(22)20-9-10-25(23(18-20)29(30,31)32)39-26-7-3-2-6-24(26)34-14-16-38-17-15-34/h2-3,6-7,9-10,18,21-22H,4-5,8,11-17,19H2,1H3. The van der Waals surface area contributed by atoms with Gasteiger partial charge in [-0.3, -0.25) is 9.59 Å². The van der Waals surface area contributed by atoms with Gasteiger partial charge >= 0.3 is 6.18 Å². The van der Waals surface area contributed by atoms with Crippen LogP contribution in [-0.4, -0.2) is 74.6 Å². The molecule has 10 heteroatoms. The fourth-order valence-corrected chi connectivity index (χ4v) is 6.59. The number of ether oxygens (including phenoxy) is 1. The second-order valence-electron chi connectivity index (χ2n) is 10.5. The Kier molecular flexibility index (Phi) is 8.42. The van der Waals surface area contributed by atoms with E-state index >= 15 is 0 Å². The number of benzene rings is 2. The maximum atomic E-state index is 14.2. The zero-order chi connectivity index (χ0) is 27.6. The van der Waals surface area contributed by atoms with E-state index in [2.05, 4.69) is 4.90 Å². The van der Waals surface area contributed by atoms with Crippen LogP contribution in [0.3, 0.4) is 0 Å². The molecule has 2 aliphatic heterocycles. The number of nitrogens with zero attached hydrogens (tertiary/aromatic N) is 3. The zero-order valence-corrected chi connectivity index (χ0v) is 22.9. The molecule has 2 amide bonds. The number of anilines is 1. The average Bonchev–Trinajstić information content (AvgIpc) is 3.63. The smallest absolute Gasteiger partial charge is 0.378 e. The summed E-state index contributed by atoms with van der Waals surface area (Å²) >= 11 is 1.13. The Labute approximate surface area is 231 Å². The van der Waals surface area contributed by atoms with Crippen molar-refractivity contribution in [1.82, 2.24) is 9.80 Å². The van der Waals surface area contributed by atoms with Gasteiger partial charge in [-0.15, -0.1) is 0 Å². The molecule has 2 aromatic carbocycles. The van der Waals surface area contributed by atoms with Crippen molar-refractivity contribution in [3.63, 3.8) is 0 Å². The van der Waals surface area contributed by atoms with Crippen LogP contribution in [0.4, 0.5) is 18.9 Å². The number of rotatable bonds is 9. The van der Waals surface area contributed by atoms with Crippen molar-refractivity contribution in [2.75, 3.05) is 57.9 Å². The molecule has 39 heavy (non-hydrogen) atoms. The summed E-state index contributed by atoms with van der Waals surface area (Å²) in [5, 5.41) is 0. The van der Waals surface area contributed by atoms with E-state index in [9.17, 15) is 22.8 Å². The maximum Gasteiger partial charge on any atom is 0.417 e. The van der Waals surface area contributed by atoms with Gasteiger partial charge in [-0.05, 0) is 55.0 Å². The van der Waals surface area contributed by atoms with Crippen LogP contribution in [0.2, 0.25) is 0 Å². The third kappa shape index (κ3) is 6.54. The molecule has 2 atom stereocenters. The Morgan fingerprint density at radius 1 is 1.10 bits per heavy atom. The highest BCUT2D eigenvalue weighted by Crippen LogP contribution is 2.51. The van der Waals surface area contributed by atoms with Gasteiger partial charge in [-0.25, -0.2) is 0 Å². The van der Waals surface area contributed by atoms with Crippen LogP contribution in [0.1, 0.15) is 42.7 Å². The third-order valence-corrected chi connectivity index (χ3v) is 8.89. The Hall–Kier alpha value is -2.72. The minimum absolute atomic E-state index is 0.0424. The number of para-hydroxylation sites is 1. The molecule has 1 saturated carbocycles. The normalized spacial score (nSPS) is 21.4. The molecule has 6 nitrogen and oxygen atoms in total. The SMILES string of the molecule is CN(CCCN1CCCC1=O)C(=O)C1CC1c1ccc(Sc2ccccc2N2CCOCC2)c(C(F)(F)F)c1. The fourth-order valence-electron chi connectivity index (χ4n) is 5.48. The lowest BCUT2D eigenvalue weighted by Crippen LogP contribution is -2.36. The lowest BCUT2D eigenvalue weighted by atomic mass is 10.0. The van der Waals surface area contributed by atoms with Crippen molar-refractivity contribution >= 4 is 29.3 Å². The van der Waals surface area contributed by atoms with Gasteiger partial charge in [0.1, 0.15) is 0 Å². The number of likely N-dealkylation sites (tertiary alicyclic amines) is 1. The summed E-state index contributed by atoms with van der Waals surface area (Å²) in [6, 6.07) is 12.1. The Balaban J connectivity index is 1.25. The van der Waals surface area contributed by atoms with Gasteiger partial charge in [-0.2, -0.15) is 13.2 Å². The van der Waals surface area contributed by atoms with Crippen molar-refractivity contribution < 1.29 is 27.5 Å². The van der Waals surface area contributed by atoms with Crippen molar-refractivity contribution in [3.05, 3.63) is 53.6 Å². The summed E-state index contributed by atoms with van der Waals surface area (Å²) < 4.78 is 48.0. The highest BCUT2D eigenvalue weighted by atomic mass is 32.2. The quantitative estimate of drug-likeness (QED) is 0.418. The first-order valence-corrected chi connectivity index (χ1v) is 14.4. The lowest BCUT2D eigenvalue weighted by Gasteiger charge is -2.30. The summed E-state index contributed by atoms with van der Waals surface area (Å²) in [5.74, 6) is -0.386. The largest absolute Gasteiger partial charge is 0.417 e. The van der Waals surface area contributed by atoms with Gasteiger partial charge in [0.15, 0.2) is 0 Å². The number of hydrogen-bond donors (Lipinski definition) is 0. The van der Waals surface area contributed by atoms with Crippen LogP contribution in [0, 0.1) is 5.92 Å². The maximum absolute atomic E-state index is 14.2. The minimum Gasteiger partial charge on any atom is -0.378 e. The van der Waals surface area contributed by atoms with Crippen molar-refractivity contribution in [1.29, 1.82) is 0 Å². The molecule has 0 N–H and O–H groups in total. The molecule has 0 radical (unpaired) electrons. The molecular weight excluding hydrogens is 527 g/mol. The van der Waals surface area contributed by atoms with Gasteiger partial charge in [0.2, 0.25) is 11.8 Å². The monoisotopic (exact) mass is 561 g/mol. The summed E-state index contributed by atoms with van der Waals surface area (Å²) in [6.45, 7) is 4.52. The van der Waals surface area contributed by atoms with Crippen LogP contribution in [-0.2, 0) is 20.5 Å². The first kappa shape index (κ1) is 27.8. The molecule has 2 aromatic rings. The first-order valence-electron chi connectivity index (χ1n) is 13.6. The highest BCUT2D eigenvalue weighted by Gasteiger charge is 2.46. The molecule has 1 aliphatic carbocycles. The molecule has 2 heterocycles. The molecule has 3 fully saturated rings. The zero-order valence-electron chi connectivity index (χ0n) is 22.1. The van der Waals surface area contributed by atoms with Gasteiger partial charge < -0.3 is 19.4 Å². The van der Waals surface area contributed by atoms with Gasteiger partial charge in [0.25, 0.3) is 0 Å². The van der Waals surface area contributed by atoms with Crippen molar-refractivity contribution in [2.45, 2.75) is 47.6 Å². The van der Waals surface area contributed by atoms with Crippen LogP contribution in [0.15, 0.2) is 52.3 Å². The molecular formula is C29H34F3N3O3S. The predicted octanol–water partition coefficient (Wildman–Crippen LogP) is 5.27. The molecule has 5 rings (SSSR count). The van der Waals surface area contributed by atoms with E-state index in [0.717, 1.165) is 35.3 Å². The van der Waals surface area contributed by atoms with E-state index < -0.39 is 11.7 Å². The average molecular weight is 562 g/mol. The van der Waals surface area contributed by atoms with Gasteiger partial charge in [-0.1, -0.05) is 30.0 Å². The molecule has 0 bridgehead atoms. The number of alkyl halides is 3. The molecule has 2 unspecified atom stereocenters. The number of carbonyl (C=O) groups is 2. The van der Waals surface area contributed by atoms with Crippen LogP contribution in [0.25, 0.3) is 0 Å². The fraction of sp³-hybridized carbons (Fsp3) is 0.517. The van der Waals surface area contributed by atoms with E-state index in [1.54, 1.807) is 24.1 Å². The minimum atomic E-state index is -4.51. The first-order chi connectivity index (χ1) is 18.7. The topological polar surface area (TPSA) is 53.1 Å². The molecule has 210 valence electrons. The predicted molar refractivity (Wildman–Crippen MR) is 144 cm³/mol. The highest BCUT2D eigenvalue weighted by molar-refractivity contribution is 7.99. The van der Waals surface area contributed by atoms with Gasteiger partial charge in [0, 0.05) is 61.9 Å². The Morgan fingerprint density at radius 3 is 2.59 bits per heavy atom. The van der Waals surface area contributed by atoms with Crippen molar-refractivity contribution in [2.24, 2.45) is 5.92 Å². The number of hydrogen-bond acceptors (Lipinski definition) is 5. The second-order valence-corrected chi connectivity index (χ2v) is 11.6. The van der Waals surface area contributed by atoms with E-state index in [0.29, 0.717) is 64.2 Å². The summed E-state index contributed by atoms with van der Waals surface area (Å²) in [6.07, 6.45) is -1.78. The number of halogens is 3.